The minimum atomic E-state index is -5.19. The number of carbonyl (C=O) groups is 1. The molecule has 2 fully saturated rings. The molecule has 1 spiro atoms. The molecule has 0 amide bonds. The van der Waals surface area contributed by atoms with Gasteiger partial charge in [-0.05, 0) is 47.0 Å². The minimum absolute atomic E-state index is 0.0146. The summed E-state index contributed by atoms with van der Waals surface area (Å²) in [5, 5.41) is 3.03. The van der Waals surface area contributed by atoms with Gasteiger partial charge in [-0.15, -0.1) is 0 Å². The Hall–Kier alpha value is -1.55. The van der Waals surface area contributed by atoms with E-state index in [-0.39, 0.29) is 23.2 Å². The first-order chi connectivity index (χ1) is 11.5. The number of alkyl halides is 3. The van der Waals surface area contributed by atoms with Crippen molar-refractivity contribution >= 4 is 27.6 Å². The maximum absolute atomic E-state index is 12.5. The molecule has 1 aromatic heterocycles. The number of nitrogens with zero attached hydrogens (tertiary/aromatic N) is 1. The van der Waals surface area contributed by atoms with E-state index in [1.165, 1.54) is 13.2 Å². The van der Waals surface area contributed by atoms with Crippen LogP contribution in [0.2, 0.25) is 0 Å². The third-order valence-corrected chi connectivity index (χ3v) is 5.41. The maximum atomic E-state index is 12.5. The average Bonchev–Trinajstić information content (AvgIpc) is 2.42. The summed E-state index contributed by atoms with van der Waals surface area (Å²) < 4.78 is 43.3. The number of nitrogens with one attached hydrogen (secondary N) is 1. The Morgan fingerprint density at radius 2 is 2.00 bits per heavy atom. The Kier molecular flexibility index (Phi) is 4.39. The fraction of sp³-hybridized carbons (Fsp3) is 0.600. The summed E-state index contributed by atoms with van der Waals surface area (Å²) in [5.74, 6) is -3.09. The van der Waals surface area contributed by atoms with Gasteiger partial charge in [-0.2, -0.15) is 13.2 Å². The second-order valence-corrected chi connectivity index (χ2v) is 7.76. The Labute approximate surface area is 149 Å². The number of aromatic nitrogens is 1. The number of esters is 1. The van der Waals surface area contributed by atoms with Gasteiger partial charge in [0.05, 0.1) is 10.2 Å². The molecule has 0 bridgehead atoms. The van der Waals surface area contributed by atoms with Crippen LogP contribution in [0.25, 0.3) is 0 Å². The lowest BCUT2D eigenvalue weighted by Gasteiger charge is -2.57. The number of aryl methyl sites for hydroxylation is 1. The summed E-state index contributed by atoms with van der Waals surface area (Å²) in [6.45, 7) is 0. The molecule has 0 radical (unpaired) electrons. The first-order valence-electron chi connectivity index (χ1n) is 7.71. The predicted molar refractivity (Wildman–Crippen MR) is 87.4 cm³/mol. The predicted octanol–water partition coefficient (Wildman–Crippen LogP) is 2.30. The molecule has 1 heterocycles. The van der Waals surface area contributed by atoms with Gasteiger partial charge in [0.15, 0.2) is 0 Å². The van der Waals surface area contributed by atoms with Crippen LogP contribution in [-0.4, -0.2) is 28.8 Å². The molecule has 2 saturated carbocycles. The highest BCUT2D eigenvalue weighted by atomic mass is 79.9. The smallest absolute Gasteiger partial charge is 0.412 e. The highest BCUT2D eigenvalue weighted by Gasteiger charge is 2.52. The van der Waals surface area contributed by atoms with Gasteiger partial charge in [-0.3, -0.25) is 4.79 Å². The van der Waals surface area contributed by atoms with Crippen LogP contribution in [0.15, 0.2) is 15.5 Å². The van der Waals surface area contributed by atoms with E-state index in [4.69, 9.17) is 5.73 Å². The van der Waals surface area contributed by atoms with E-state index in [2.05, 4.69) is 26.0 Å². The second-order valence-electron chi connectivity index (χ2n) is 6.90. The Balaban J connectivity index is 1.82. The van der Waals surface area contributed by atoms with Crippen LogP contribution >= 0.6 is 15.9 Å². The van der Waals surface area contributed by atoms with Gasteiger partial charge in [-0.25, -0.2) is 4.79 Å². The number of hydrogen-bond donors (Lipinski definition) is 2. The first kappa shape index (κ1) is 18.2. The van der Waals surface area contributed by atoms with Crippen molar-refractivity contribution in [2.75, 3.05) is 5.32 Å². The summed E-state index contributed by atoms with van der Waals surface area (Å²) in [6.07, 6.45) is -0.294. The van der Waals surface area contributed by atoms with E-state index in [1.807, 2.05) is 0 Å². The van der Waals surface area contributed by atoms with Crippen molar-refractivity contribution in [3.05, 3.63) is 21.0 Å². The van der Waals surface area contributed by atoms with Gasteiger partial charge in [0.2, 0.25) is 5.75 Å². The molecule has 3 N–H and O–H groups in total. The molecule has 6 nitrogen and oxygen atoms in total. The summed E-state index contributed by atoms with van der Waals surface area (Å²) >= 11 is 3.21. The van der Waals surface area contributed by atoms with Crippen LogP contribution in [-0.2, 0) is 11.8 Å². The topological polar surface area (TPSA) is 86.3 Å². The molecule has 2 aliphatic carbocycles. The Bertz CT molecular complexity index is 764. The molecule has 0 atom stereocenters. The molecule has 3 rings (SSSR count). The molecule has 10 heteroatoms. The normalized spacial score (nSPS) is 28.2. The number of ether oxygens (including phenoxy) is 1. The fourth-order valence-electron chi connectivity index (χ4n) is 3.73. The lowest BCUT2D eigenvalue weighted by atomic mass is 9.52. The third-order valence-electron chi connectivity index (χ3n) is 4.81. The number of hydrogen-bond acceptors (Lipinski definition) is 5. The molecule has 0 saturated heterocycles. The molecular formula is C15H17BrF3N3O3. The zero-order valence-electron chi connectivity index (χ0n) is 13.3. The quantitative estimate of drug-likeness (QED) is 0.728. The number of pyridine rings is 1. The van der Waals surface area contributed by atoms with Gasteiger partial charge < -0.3 is 20.4 Å². The van der Waals surface area contributed by atoms with Gasteiger partial charge in [0.1, 0.15) is 0 Å². The lowest BCUT2D eigenvalue weighted by molar-refractivity contribution is -0.189. The van der Waals surface area contributed by atoms with Crippen molar-refractivity contribution in [3.63, 3.8) is 0 Å². The average molecular weight is 424 g/mol. The molecule has 2 aliphatic rings. The SMILES string of the molecule is Cn1cc(Br)c(NC2CC3(CC(N)C3)C2)c(OC(=O)C(F)(F)F)c1=O. The first-order valence-corrected chi connectivity index (χ1v) is 8.50. The Morgan fingerprint density at radius 3 is 2.52 bits per heavy atom. The largest absolute Gasteiger partial charge is 0.491 e. The maximum Gasteiger partial charge on any atom is 0.491 e. The molecule has 0 aromatic carbocycles. The van der Waals surface area contributed by atoms with E-state index < -0.39 is 23.5 Å². The molecule has 1 aromatic rings. The van der Waals surface area contributed by atoms with E-state index in [9.17, 15) is 22.8 Å². The molecule has 25 heavy (non-hydrogen) atoms. The minimum Gasteiger partial charge on any atom is -0.412 e. The van der Waals surface area contributed by atoms with Crippen molar-refractivity contribution in [3.8, 4) is 5.75 Å². The van der Waals surface area contributed by atoms with E-state index >= 15 is 0 Å². The van der Waals surface area contributed by atoms with Crippen molar-refractivity contribution in [1.82, 2.24) is 4.57 Å². The van der Waals surface area contributed by atoms with Gasteiger partial charge >= 0.3 is 12.1 Å². The monoisotopic (exact) mass is 423 g/mol. The second kappa shape index (κ2) is 6.01. The van der Waals surface area contributed by atoms with Gasteiger partial charge in [0.25, 0.3) is 5.56 Å². The van der Waals surface area contributed by atoms with Crippen LogP contribution in [0.1, 0.15) is 25.7 Å². The fourth-order valence-corrected chi connectivity index (χ4v) is 4.33. The van der Waals surface area contributed by atoms with E-state index in [1.54, 1.807) is 0 Å². The van der Waals surface area contributed by atoms with Crippen LogP contribution in [0, 0.1) is 5.41 Å². The van der Waals surface area contributed by atoms with Crippen LogP contribution in [0.4, 0.5) is 18.9 Å². The summed E-state index contributed by atoms with van der Waals surface area (Å²) in [5.41, 5.74) is 5.24. The van der Waals surface area contributed by atoms with Crippen molar-refractivity contribution in [1.29, 1.82) is 0 Å². The third kappa shape index (κ3) is 3.41. The van der Waals surface area contributed by atoms with Gasteiger partial charge in [-0.1, -0.05) is 0 Å². The number of carbonyl (C=O) groups excluding carboxylic acids is 1. The number of rotatable bonds is 3. The number of anilines is 1. The standard InChI is InChI=1S/C15H17BrF3N3O3/c1-22-6-9(16)10(11(12(22)23)25-13(24)15(17,18)19)21-8-4-14(5-8)2-7(20)3-14/h6-8,21H,2-5,20H2,1H3. The van der Waals surface area contributed by atoms with Gasteiger partial charge in [0, 0.05) is 25.3 Å². The zero-order valence-corrected chi connectivity index (χ0v) is 14.9. The Morgan fingerprint density at radius 1 is 1.40 bits per heavy atom. The van der Waals surface area contributed by atoms with Crippen LogP contribution < -0.4 is 21.3 Å². The highest BCUT2D eigenvalue weighted by Crippen LogP contribution is 2.56. The molecule has 0 aliphatic heterocycles. The summed E-state index contributed by atoms with van der Waals surface area (Å²) in [4.78, 5) is 23.3. The lowest BCUT2D eigenvalue weighted by Crippen LogP contribution is -2.57. The zero-order chi connectivity index (χ0) is 18.6. The van der Waals surface area contributed by atoms with E-state index in [0.717, 1.165) is 30.3 Å². The van der Waals surface area contributed by atoms with Crippen LogP contribution in [0.5, 0.6) is 5.75 Å². The highest BCUT2D eigenvalue weighted by molar-refractivity contribution is 9.10. The van der Waals surface area contributed by atoms with Crippen molar-refractivity contribution in [2.45, 2.75) is 43.9 Å². The summed E-state index contributed by atoms with van der Waals surface area (Å²) in [6, 6.07) is 0.194. The number of halogens is 4. The van der Waals surface area contributed by atoms with Crippen molar-refractivity contribution < 1.29 is 22.7 Å². The summed E-state index contributed by atoms with van der Waals surface area (Å²) in [7, 11) is 1.36. The van der Waals surface area contributed by atoms with E-state index in [0.29, 0.717) is 4.47 Å². The number of nitrogens with two attached hydrogens (primary N) is 1. The molecule has 0 unspecified atom stereocenters. The van der Waals surface area contributed by atoms with Crippen molar-refractivity contribution in [2.24, 2.45) is 18.2 Å². The molecule has 138 valence electrons. The van der Waals surface area contributed by atoms with Crippen LogP contribution in [0.3, 0.4) is 0 Å². The molecular weight excluding hydrogens is 407 g/mol.